The smallest absolute Gasteiger partial charge is 0.187 e. The standard InChI is InChI=1S/C11H8BrClN2S/c12-9-5-14-11(15-6-9)16-7-8-3-1-2-4-10(8)13/h1-6H,7H2. The van der Waals surface area contributed by atoms with Gasteiger partial charge in [0.05, 0.1) is 4.47 Å². The summed E-state index contributed by atoms with van der Waals surface area (Å²) in [5.41, 5.74) is 1.10. The van der Waals surface area contributed by atoms with E-state index in [2.05, 4.69) is 25.9 Å². The average Bonchev–Trinajstić information content (AvgIpc) is 2.30. The van der Waals surface area contributed by atoms with Crippen LogP contribution in [0.4, 0.5) is 0 Å². The van der Waals surface area contributed by atoms with Crippen molar-refractivity contribution in [2.75, 3.05) is 0 Å². The van der Waals surface area contributed by atoms with E-state index in [1.807, 2.05) is 24.3 Å². The summed E-state index contributed by atoms with van der Waals surface area (Å²) in [6, 6.07) is 7.80. The molecule has 2 aromatic rings. The van der Waals surface area contributed by atoms with Gasteiger partial charge in [-0.05, 0) is 27.6 Å². The van der Waals surface area contributed by atoms with E-state index in [0.29, 0.717) is 0 Å². The Kier molecular flexibility index (Phi) is 4.21. The van der Waals surface area contributed by atoms with Gasteiger partial charge in [-0.2, -0.15) is 0 Å². The molecule has 0 N–H and O–H groups in total. The highest BCUT2D eigenvalue weighted by atomic mass is 79.9. The summed E-state index contributed by atoms with van der Waals surface area (Å²) >= 11 is 10.9. The third-order valence-corrected chi connectivity index (χ3v) is 3.61. The van der Waals surface area contributed by atoms with Crippen molar-refractivity contribution in [2.45, 2.75) is 10.9 Å². The van der Waals surface area contributed by atoms with Gasteiger partial charge in [0, 0.05) is 23.2 Å². The molecule has 0 aliphatic heterocycles. The zero-order chi connectivity index (χ0) is 11.4. The van der Waals surface area contributed by atoms with Crippen LogP contribution in [0.25, 0.3) is 0 Å². The van der Waals surface area contributed by atoms with Gasteiger partial charge >= 0.3 is 0 Å². The molecule has 0 unspecified atom stereocenters. The maximum Gasteiger partial charge on any atom is 0.187 e. The number of rotatable bonds is 3. The maximum atomic E-state index is 6.05. The lowest BCUT2D eigenvalue weighted by Crippen LogP contribution is -1.87. The molecule has 5 heteroatoms. The minimum absolute atomic E-state index is 0.753. The predicted octanol–water partition coefficient (Wildman–Crippen LogP) is 4.18. The van der Waals surface area contributed by atoms with Crippen LogP contribution in [0.15, 0.2) is 46.3 Å². The van der Waals surface area contributed by atoms with Crippen molar-refractivity contribution in [3.8, 4) is 0 Å². The largest absolute Gasteiger partial charge is 0.230 e. The van der Waals surface area contributed by atoms with Gasteiger partial charge < -0.3 is 0 Å². The van der Waals surface area contributed by atoms with Gasteiger partial charge in [-0.25, -0.2) is 9.97 Å². The lowest BCUT2D eigenvalue weighted by atomic mass is 10.2. The van der Waals surface area contributed by atoms with Crippen molar-refractivity contribution in [3.63, 3.8) is 0 Å². The van der Waals surface area contributed by atoms with Crippen LogP contribution >= 0.6 is 39.3 Å². The molecule has 2 rings (SSSR count). The highest BCUT2D eigenvalue weighted by molar-refractivity contribution is 9.10. The lowest BCUT2D eigenvalue weighted by molar-refractivity contribution is 0.957. The zero-order valence-corrected chi connectivity index (χ0v) is 11.4. The molecule has 0 fully saturated rings. The molecule has 0 saturated carbocycles. The fourth-order valence-electron chi connectivity index (χ4n) is 1.13. The van der Waals surface area contributed by atoms with E-state index in [-0.39, 0.29) is 0 Å². The van der Waals surface area contributed by atoms with Crippen LogP contribution < -0.4 is 0 Å². The molecule has 0 aliphatic rings. The fraction of sp³-hybridized carbons (Fsp3) is 0.0909. The SMILES string of the molecule is Clc1ccccc1CSc1ncc(Br)cn1. The summed E-state index contributed by atoms with van der Waals surface area (Å²) in [7, 11) is 0. The zero-order valence-electron chi connectivity index (χ0n) is 8.23. The Balaban J connectivity index is 2.02. The quantitative estimate of drug-likeness (QED) is 0.627. The summed E-state index contributed by atoms with van der Waals surface area (Å²) in [6.07, 6.45) is 3.48. The highest BCUT2D eigenvalue weighted by Gasteiger charge is 2.02. The van der Waals surface area contributed by atoms with Gasteiger partial charge in [0.15, 0.2) is 5.16 Å². The van der Waals surface area contributed by atoms with Gasteiger partial charge in [0.25, 0.3) is 0 Å². The molecule has 0 aliphatic carbocycles. The first-order valence-electron chi connectivity index (χ1n) is 4.59. The average molecular weight is 316 g/mol. The minimum atomic E-state index is 0.753. The Morgan fingerprint density at radius 3 is 2.56 bits per heavy atom. The van der Waals surface area contributed by atoms with E-state index in [1.54, 1.807) is 24.2 Å². The van der Waals surface area contributed by atoms with Crippen molar-refractivity contribution in [1.82, 2.24) is 9.97 Å². The Labute approximate surface area is 112 Å². The Bertz CT molecular complexity index is 476. The van der Waals surface area contributed by atoms with Crippen LogP contribution in [-0.2, 0) is 5.75 Å². The van der Waals surface area contributed by atoms with Crippen molar-refractivity contribution >= 4 is 39.3 Å². The monoisotopic (exact) mass is 314 g/mol. The Morgan fingerprint density at radius 1 is 1.19 bits per heavy atom. The van der Waals surface area contributed by atoms with Gasteiger partial charge in [-0.15, -0.1) is 0 Å². The van der Waals surface area contributed by atoms with Gasteiger partial charge in [-0.1, -0.05) is 41.6 Å². The Hall–Kier alpha value is -0.580. The van der Waals surface area contributed by atoms with Crippen LogP contribution in [0, 0.1) is 0 Å². The maximum absolute atomic E-state index is 6.05. The normalized spacial score (nSPS) is 10.4. The van der Waals surface area contributed by atoms with Crippen molar-refractivity contribution < 1.29 is 0 Å². The van der Waals surface area contributed by atoms with Crippen molar-refractivity contribution in [3.05, 3.63) is 51.7 Å². The summed E-state index contributed by atoms with van der Waals surface area (Å²) in [4.78, 5) is 8.37. The van der Waals surface area contributed by atoms with E-state index >= 15 is 0 Å². The molecule has 2 nitrogen and oxygen atoms in total. The molecule has 1 aromatic heterocycles. The van der Waals surface area contributed by atoms with E-state index in [9.17, 15) is 0 Å². The molecule has 0 bridgehead atoms. The van der Waals surface area contributed by atoms with Crippen LogP contribution in [0.3, 0.4) is 0 Å². The fourth-order valence-corrected chi connectivity index (χ4v) is 2.41. The van der Waals surface area contributed by atoms with Crippen molar-refractivity contribution in [1.29, 1.82) is 0 Å². The summed E-state index contributed by atoms with van der Waals surface area (Å²) in [6.45, 7) is 0. The molecular weight excluding hydrogens is 308 g/mol. The predicted molar refractivity (Wildman–Crippen MR) is 70.7 cm³/mol. The molecule has 1 heterocycles. The first-order chi connectivity index (χ1) is 7.75. The van der Waals surface area contributed by atoms with Gasteiger partial charge in [0.1, 0.15) is 0 Å². The van der Waals surface area contributed by atoms with E-state index in [1.165, 1.54) is 0 Å². The second-order valence-electron chi connectivity index (χ2n) is 3.06. The van der Waals surface area contributed by atoms with Crippen molar-refractivity contribution in [2.24, 2.45) is 0 Å². The third-order valence-electron chi connectivity index (χ3n) is 1.91. The van der Waals surface area contributed by atoms with Crippen LogP contribution in [-0.4, -0.2) is 9.97 Å². The van der Waals surface area contributed by atoms with E-state index in [4.69, 9.17) is 11.6 Å². The van der Waals surface area contributed by atoms with E-state index < -0.39 is 0 Å². The topological polar surface area (TPSA) is 25.8 Å². The first-order valence-corrected chi connectivity index (χ1v) is 6.75. The van der Waals surface area contributed by atoms with Crippen LogP contribution in [0.1, 0.15) is 5.56 Å². The van der Waals surface area contributed by atoms with Gasteiger partial charge in [-0.3, -0.25) is 0 Å². The molecule has 0 atom stereocenters. The summed E-state index contributed by atoms with van der Waals surface area (Å²) in [5, 5.41) is 1.54. The lowest BCUT2D eigenvalue weighted by Gasteiger charge is -2.02. The number of benzene rings is 1. The number of hydrogen-bond donors (Lipinski definition) is 0. The number of hydrogen-bond acceptors (Lipinski definition) is 3. The second-order valence-corrected chi connectivity index (χ2v) is 5.33. The Morgan fingerprint density at radius 2 is 1.88 bits per heavy atom. The minimum Gasteiger partial charge on any atom is -0.230 e. The molecule has 0 amide bonds. The molecule has 16 heavy (non-hydrogen) atoms. The van der Waals surface area contributed by atoms with E-state index in [0.717, 1.165) is 26.0 Å². The van der Waals surface area contributed by atoms with Crippen LogP contribution in [0.2, 0.25) is 5.02 Å². The summed E-state index contributed by atoms with van der Waals surface area (Å²) in [5.74, 6) is 0.779. The molecule has 82 valence electrons. The third kappa shape index (κ3) is 3.20. The molecular formula is C11H8BrClN2S. The molecule has 0 spiro atoms. The van der Waals surface area contributed by atoms with Crippen LogP contribution in [0.5, 0.6) is 0 Å². The second kappa shape index (κ2) is 5.66. The first kappa shape index (κ1) is 11.9. The molecule has 0 saturated heterocycles. The molecule has 1 aromatic carbocycles. The van der Waals surface area contributed by atoms with Gasteiger partial charge in [0.2, 0.25) is 0 Å². The highest BCUT2D eigenvalue weighted by Crippen LogP contribution is 2.24. The number of thioether (sulfide) groups is 1. The number of halogens is 2. The molecule has 0 radical (unpaired) electrons. The number of aromatic nitrogens is 2. The number of nitrogens with zero attached hydrogens (tertiary/aromatic N) is 2. The summed E-state index contributed by atoms with van der Waals surface area (Å²) < 4.78 is 0.884.